The minimum Gasteiger partial charge on any atom is -0.462 e. The van der Waals surface area contributed by atoms with Gasteiger partial charge in [0.1, 0.15) is 6.10 Å². The van der Waals surface area contributed by atoms with E-state index >= 15 is 0 Å². The van der Waals surface area contributed by atoms with Crippen LogP contribution in [-0.2, 0) is 25.5 Å². The number of rotatable bonds is 4. The zero-order valence-corrected chi connectivity index (χ0v) is 18.6. The third kappa shape index (κ3) is 3.61. The maximum Gasteiger partial charge on any atom is 0.407 e. The highest BCUT2D eigenvalue weighted by atomic mass is 16.6. The average molecular weight is 439 g/mol. The third-order valence-electron chi connectivity index (χ3n) is 7.87. The zero-order valence-electron chi connectivity index (χ0n) is 18.6. The molecule has 1 amide bonds. The van der Waals surface area contributed by atoms with E-state index in [2.05, 4.69) is 10.3 Å². The molecule has 4 aliphatic rings. The normalized spacial score (nSPS) is 35.1. The number of esters is 1. The van der Waals surface area contributed by atoms with Gasteiger partial charge in [-0.15, -0.1) is 0 Å². The lowest BCUT2D eigenvalue weighted by Crippen LogP contribution is -2.52. The average Bonchev–Trinajstić information content (AvgIpc) is 3.32. The number of hydrogen-bond donors (Lipinski definition) is 1. The summed E-state index contributed by atoms with van der Waals surface area (Å²) < 4.78 is 10.7. The Balaban J connectivity index is 1.40. The number of nitrogens with one attached hydrogen (secondary N) is 1. The molecule has 7 heteroatoms. The molecule has 32 heavy (non-hydrogen) atoms. The van der Waals surface area contributed by atoms with Crippen molar-refractivity contribution in [1.29, 1.82) is 0 Å². The Hall–Kier alpha value is -2.70. The summed E-state index contributed by atoms with van der Waals surface area (Å²) in [7, 11) is 0. The van der Waals surface area contributed by atoms with Crippen LogP contribution in [0.15, 0.2) is 29.3 Å². The van der Waals surface area contributed by atoms with E-state index in [4.69, 9.17) is 9.47 Å². The summed E-state index contributed by atoms with van der Waals surface area (Å²) in [5.41, 5.74) is 2.55. The van der Waals surface area contributed by atoms with Gasteiger partial charge in [-0.2, -0.15) is 0 Å². The highest BCUT2D eigenvalue weighted by Crippen LogP contribution is 2.53. The first-order valence-corrected chi connectivity index (χ1v) is 11.8. The van der Waals surface area contributed by atoms with E-state index in [0.717, 1.165) is 36.9 Å². The van der Waals surface area contributed by atoms with Gasteiger partial charge < -0.3 is 14.8 Å². The Kier molecular flexibility index (Phi) is 5.51. The number of fused-ring (bicyclic) bond motifs is 3. The van der Waals surface area contributed by atoms with Gasteiger partial charge in [0.15, 0.2) is 5.78 Å². The first-order chi connectivity index (χ1) is 15.5. The van der Waals surface area contributed by atoms with Crippen LogP contribution in [-0.4, -0.2) is 42.3 Å². The number of ketones is 1. The molecule has 0 bridgehead atoms. The Morgan fingerprint density at radius 2 is 2.03 bits per heavy atom. The summed E-state index contributed by atoms with van der Waals surface area (Å²) in [4.78, 5) is 43.1. The maximum atomic E-state index is 13.9. The van der Waals surface area contributed by atoms with Crippen LogP contribution in [0.2, 0.25) is 0 Å². The summed E-state index contributed by atoms with van der Waals surface area (Å²) in [5.74, 6) is -0.371. The molecule has 2 saturated carbocycles. The highest BCUT2D eigenvalue weighted by Gasteiger charge is 2.58. The number of carbonyl (C=O) groups excluding carboxylic acids is 3. The number of benzene rings is 1. The van der Waals surface area contributed by atoms with Crippen molar-refractivity contribution in [2.45, 2.75) is 58.1 Å². The van der Waals surface area contributed by atoms with Crippen molar-refractivity contribution in [2.75, 3.05) is 6.61 Å². The number of nitrogens with zero attached hydrogens (tertiary/aromatic N) is 1. The van der Waals surface area contributed by atoms with Crippen molar-refractivity contribution in [3.8, 4) is 0 Å². The number of carbonyl (C=O) groups is 3. The molecule has 7 nitrogen and oxygen atoms in total. The van der Waals surface area contributed by atoms with Gasteiger partial charge in [-0.3, -0.25) is 9.59 Å². The second-order valence-electron chi connectivity index (χ2n) is 9.61. The molecular weight excluding hydrogens is 408 g/mol. The number of alkyl carbamates (subject to hydrolysis) is 1. The van der Waals surface area contributed by atoms with Gasteiger partial charge in [0.2, 0.25) is 0 Å². The fraction of sp³-hybridized carbons (Fsp3) is 0.600. The molecule has 1 aromatic rings. The Labute approximate surface area is 187 Å². The van der Waals surface area contributed by atoms with Crippen LogP contribution in [0, 0.1) is 29.6 Å². The molecule has 0 spiro atoms. The second-order valence-corrected chi connectivity index (χ2v) is 9.61. The summed E-state index contributed by atoms with van der Waals surface area (Å²) in [6.07, 6.45) is 3.00. The maximum absolute atomic E-state index is 13.9. The predicted molar refractivity (Wildman–Crippen MR) is 118 cm³/mol. The summed E-state index contributed by atoms with van der Waals surface area (Å²) in [5, 5.41) is 2.96. The van der Waals surface area contributed by atoms with Crippen LogP contribution < -0.4 is 5.32 Å². The number of aliphatic imine (C=N–C) groups is 1. The highest BCUT2D eigenvalue weighted by molar-refractivity contribution is 6.42. The second kappa shape index (κ2) is 8.34. The van der Waals surface area contributed by atoms with Crippen molar-refractivity contribution in [1.82, 2.24) is 5.32 Å². The summed E-state index contributed by atoms with van der Waals surface area (Å²) >= 11 is 0. The minimum atomic E-state index is -0.399. The monoisotopic (exact) mass is 438 g/mol. The van der Waals surface area contributed by atoms with Gasteiger partial charge >= 0.3 is 12.1 Å². The largest absolute Gasteiger partial charge is 0.462 e. The fourth-order valence-electron chi connectivity index (χ4n) is 6.58. The number of Topliss-reactive ketones (excluding diaryl/α,β-unsaturated/α-hetero) is 1. The molecule has 5 rings (SSSR count). The van der Waals surface area contributed by atoms with Gasteiger partial charge in [0.25, 0.3) is 0 Å². The van der Waals surface area contributed by atoms with Crippen molar-refractivity contribution in [2.24, 2.45) is 34.6 Å². The fourth-order valence-corrected chi connectivity index (χ4v) is 6.58. The van der Waals surface area contributed by atoms with E-state index in [-0.39, 0.29) is 53.5 Å². The van der Waals surface area contributed by atoms with Crippen LogP contribution in [0.25, 0.3) is 0 Å². The molecule has 7 atom stereocenters. The molecule has 0 radical (unpaired) electrons. The van der Waals surface area contributed by atoms with E-state index < -0.39 is 6.09 Å². The number of cyclic esters (lactones) is 1. The molecule has 0 aromatic heterocycles. The quantitative estimate of drug-likeness (QED) is 0.725. The van der Waals surface area contributed by atoms with E-state index in [1.807, 2.05) is 31.2 Å². The third-order valence-corrected chi connectivity index (χ3v) is 7.87. The van der Waals surface area contributed by atoms with Crippen LogP contribution in [0.3, 0.4) is 0 Å². The topological polar surface area (TPSA) is 94.1 Å². The Bertz CT molecular complexity index is 973. The van der Waals surface area contributed by atoms with Gasteiger partial charge in [-0.1, -0.05) is 18.2 Å². The lowest BCUT2D eigenvalue weighted by Gasteiger charge is -2.47. The Morgan fingerprint density at radius 3 is 2.81 bits per heavy atom. The van der Waals surface area contributed by atoms with Crippen molar-refractivity contribution in [3.05, 3.63) is 29.8 Å². The number of amides is 1. The first kappa shape index (κ1) is 21.2. The van der Waals surface area contributed by atoms with Gasteiger partial charge in [0.05, 0.1) is 23.9 Å². The van der Waals surface area contributed by atoms with Crippen molar-refractivity contribution in [3.63, 3.8) is 0 Å². The van der Waals surface area contributed by atoms with Crippen LogP contribution in [0.1, 0.15) is 45.1 Å². The van der Waals surface area contributed by atoms with Crippen molar-refractivity contribution < 1.29 is 23.9 Å². The van der Waals surface area contributed by atoms with E-state index in [1.165, 1.54) is 0 Å². The standard InChI is InChI=1S/C25H30N2O5/c1-3-31-25(30)26-16-8-9-17-15(10-16)11-18-21(13(2)32-24(18)29)22(17)23(28)20-12-14-6-4-5-7-19(14)27-20/h4-7,13,15-18,21-22H,3,8-12H2,1-2H3,(H,26,30)/t13-,15+,16-,17-,18-,21-,22+/m1/s1. The summed E-state index contributed by atoms with van der Waals surface area (Å²) in [6.45, 7) is 4.03. The zero-order chi connectivity index (χ0) is 22.4. The van der Waals surface area contributed by atoms with Gasteiger partial charge in [0, 0.05) is 24.3 Å². The number of ether oxygens (including phenoxy) is 2. The van der Waals surface area contributed by atoms with Gasteiger partial charge in [-0.25, -0.2) is 9.79 Å². The molecule has 2 heterocycles. The number of hydrogen-bond acceptors (Lipinski definition) is 6. The smallest absolute Gasteiger partial charge is 0.407 e. The van der Waals surface area contributed by atoms with Crippen LogP contribution in [0.4, 0.5) is 10.5 Å². The molecule has 170 valence electrons. The number of para-hydroxylation sites is 1. The molecule has 3 fully saturated rings. The molecule has 1 saturated heterocycles. The van der Waals surface area contributed by atoms with Crippen LogP contribution in [0.5, 0.6) is 0 Å². The predicted octanol–water partition coefficient (Wildman–Crippen LogP) is 3.61. The van der Waals surface area contributed by atoms with E-state index in [1.54, 1.807) is 6.92 Å². The SMILES string of the molecule is CCOC(=O)N[C@@H]1CC[C@@H]2[C@@H](C1)C[C@H]1C(=O)O[C@H](C)[C@H]1[C@H]2C(=O)C1=Nc2ccccc2C1. The van der Waals surface area contributed by atoms with Crippen molar-refractivity contribution >= 4 is 29.2 Å². The van der Waals surface area contributed by atoms with E-state index in [0.29, 0.717) is 18.7 Å². The van der Waals surface area contributed by atoms with Crippen LogP contribution >= 0.6 is 0 Å². The molecule has 1 aromatic carbocycles. The van der Waals surface area contributed by atoms with E-state index in [9.17, 15) is 14.4 Å². The molecule has 0 unspecified atom stereocenters. The minimum absolute atomic E-state index is 0.00512. The lowest BCUT2D eigenvalue weighted by atomic mass is 9.55. The lowest BCUT2D eigenvalue weighted by molar-refractivity contribution is -0.144. The Morgan fingerprint density at radius 1 is 1.22 bits per heavy atom. The molecule has 1 N–H and O–H groups in total. The molecular formula is C25H30N2O5. The summed E-state index contributed by atoms with van der Waals surface area (Å²) in [6, 6.07) is 7.87. The molecule has 2 aliphatic carbocycles. The first-order valence-electron chi connectivity index (χ1n) is 11.8. The van der Waals surface area contributed by atoms with Gasteiger partial charge in [-0.05, 0) is 63.0 Å². The molecule has 2 aliphatic heterocycles.